The molecule has 8 nitrogen and oxygen atoms in total. The lowest BCUT2D eigenvalue weighted by Gasteiger charge is -2.16. The first-order valence-corrected chi connectivity index (χ1v) is 9.46. The zero-order valence-corrected chi connectivity index (χ0v) is 16.2. The van der Waals surface area contributed by atoms with E-state index in [9.17, 15) is 9.59 Å². The molecule has 1 atom stereocenters. The van der Waals surface area contributed by atoms with Crippen LogP contribution in [-0.2, 0) is 11.8 Å². The molecule has 1 N–H and O–H groups in total. The summed E-state index contributed by atoms with van der Waals surface area (Å²) in [4.78, 5) is 33.2. The molecule has 9 heteroatoms. The van der Waals surface area contributed by atoms with Crippen LogP contribution in [0.3, 0.4) is 0 Å². The van der Waals surface area contributed by atoms with Crippen LogP contribution in [0.5, 0.6) is 0 Å². The quantitative estimate of drug-likeness (QED) is 0.560. The number of hydrogen-bond acceptors (Lipinski definition) is 5. The Labute approximate surface area is 169 Å². The fraction of sp³-hybridized carbons (Fsp3) is 0.200. The average Bonchev–Trinajstić information content (AvgIpc) is 3.40. The molecule has 0 aliphatic carbocycles. The van der Waals surface area contributed by atoms with Crippen LogP contribution < -0.4 is 10.6 Å². The number of aryl methyl sites for hydroxylation is 1. The Hall–Kier alpha value is -3.39. The highest BCUT2D eigenvalue weighted by Crippen LogP contribution is 2.33. The molecule has 0 saturated carbocycles. The number of H-pyrrole nitrogens is 1. The molecule has 1 aliphatic rings. The van der Waals surface area contributed by atoms with Gasteiger partial charge in [-0.15, -0.1) is 0 Å². The van der Waals surface area contributed by atoms with E-state index >= 15 is 0 Å². The van der Waals surface area contributed by atoms with Gasteiger partial charge in [0.1, 0.15) is 0 Å². The number of rotatable bonds is 3. The lowest BCUT2D eigenvalue weighted by atomic mass is 10.1. The molecule has 1 saturated heterocycles. The van der Waals surface area contributed by atoms with Gasteiger partial charge >= 0.3 is 5.69 Å². The maximum Gasteiger partial charge on any atom is 0.326 e. The Kier molecular flexibility index (Phi) is 4.02. The van der Waals surface area contributed by atoms with E-state index in [0.29, 0.717) is 35.2 Å². The first-order valence-electron chi connectivity index (χ1n) is 9.08. The van der Waals surface area contributed by atoms with E-state index in [1.807, 2.05) is 30.3 Å². The minimum atomic E-state index is -0.192. The summed E-state index contributed by atoms with van der Waals surface area (Å²) in [5.41, 5.74) is 2.79. The number of carbonyl (C=O) groups excluding carboxylic acids is 1. The fourth-order valence-corrected chi connectivity index (χ4v) is 3.85. The summed E-state index contributed by atoms with van der Waals surface area (Å²) in [7, 11) is 1.70. The lowest BCUT2D eigenvalue weighted by molar-refractivity contribution is -0.117. The Balaban J connectivity index is 1.42. The van der Waals surface area contributed by atoms with Crippen molar-refractivity contribution in [3.05, 3.63) is 63.9 Å². The SMILES string of the molecule is Cn1c(=O)[nH]c2cc(-c3noc([C@@H]4CC(=O)N(c5cccc(Cl)c5)C4)n3)ccc21. The zero-order chi connectivity index (χ0) is 20.1. The average molecular weight is 410 g/mol. The molecule has 29 heavy (non-hydrogen) atoms. The Morgan fingerprint density at radius 1 is 1.21 bits per heavy atom. The third-order valence-electron chi connectivity index (χ3n) is 5.20. The van der Waals surface area contributed by atoms with Gasteiger partial charge in [0.2, 0.25) is 17.6 Å². The van der Waals surface area contributed by atoms with Crippen LogP contribution in [0, 0.1) is 0 Å². The first kappa shape index (κ1) is 17.7. The smallest absolute Gasteiger partial charge is 0.326 e. The minimum absolute atomic E-state index is 0.0136. The van der Waals surface area contributed by atoms with Crippen LogP contribution in [0.25, 0.3) is 22.4 Å². The summed E-state index contributed by atoms with van der Waals surface area (Å²) in [5, 5.41) is 4.65. The van der Waals surface area contributed by atoms with Gasteiger partial charge in [0.05, 0.1) is 17.0 Å². The fourth-order valence-electron chi connectivity index (χ4n) is 3.66. The van der Waals surface area contributed by atoms with Crippen molar-refractivity contribution < 1.29 is 9.32 Å². The summed E-state index contributed by atoms with van der Waals surface area (Å²) in [6.45, 7) is 0.450. The highest BCUT2D eigenvalue weighted by Gasteiger charge is 2.35. The van der Waals surface area contributed by atoms with Crippen LogP contribution >= 0.6 is 11.6 Å². The molecule has 146 valence electrons. The first-order chi connectivity index (χ1) is 14.0. The van der Waals surface area contributed by atoms with E-state index < -0.39 is 0 Å². The Morgan fingerprint density at radius 2 is 2.07 bits per heavy atom. The molecule has 2 aromatic carbocycles. The van der Waals surface area contributed by atoms with Crippen molar-refractivity contribution in [1.29, 1.82) is 0 Å². The molecule has 0 bridgehead atoms. The highest BCUT2D eigenvalue weighted by molar-refractivity contribution is 6.30. The van der Waals surface area contributed by atoms with E-state index in [1.165, 1.54) is 4.57 Å². The van der Waals surface area contributed by atoms with Gasteiger partial charge in [0, 0.05) is 36.3 Å². The van der Waals surface area contributed by atoms with Crippen molar-refractivity contribution in [3.8, 4) is 11.4 Å². The standard InChI is InChI=1S/C20H16ClN5O3/c1-25-16-6-5-11(7-15(16)22-20(25)28)18-23-19(29-24-18)12-8-17(27)26(10-12)14-4-2-3-13(21)9-14/h2-7,9,12H,8,10H2,1H3,(H,22,28)/t12-/m1/s1. The molecule has 5 rings (SSSR count). The van der Waals surface area contributed by atoms with Crippen LogP contribution in [0.4, 0.5) is 5.69 Å². The second-order valence-corrected chi connectivity index (χ2v) is 7.50. The summed E-state index contributed by atoms with van der Waals surface area (Å²) in [6, 6.07) is 12.7. The summed E-state index contributed by atoms with van der Waals surface area (Å²) in [6.07, 6.45) is 0.291. The minimum Gasteiger partial charge on any atom is -0.339 e. The van der Waals surface area contributed by atoms with Gasteiger partial charge in [0.15, 0.2) is 0 Å². The molecule has 0 radical (unpaired) electrons. The molecule has 1 aliphatic heterocycles. The molecular weight excluding hydrogens is 394 g/mol. The molecular formula is C20H16ClN5O3. The lowest BCUT2D eigenvalue weighted by Crippen LogP contribution is -2.24. The maximum absolute atomic E-state index is 12.5. The second kappa shape index (κ2) is 6.59. The molecule has 3 heterocycles. The number of nitrogens with one attached hydrogen (secondary N) is 1. The summed E-state index contributed by atoms with van der Waals surface area (Å²) < 4.78 is 6.99. The monoisotopic (exact) mass is 409 g/mol. The van der Waals surface area contributed by atoms with Gasteiger partial charge in [-0.1, -0.05) is 22.8 Å². The van der Waals surface area contributed by atoms with Gasteiger partial charge in [-0.3, -0.25) is 9.36 Å². The van der Waals surface area contributed by atoms with E-state index in [-0.39, 0.29) is 17.5 Å². The van der Waals surface area contributed by atoms with E-state index in [4.69, 9.17) is 16.1 Å². The largest absolute Gasteiger partial charge is 0.339 e. The molecule has 1 amide bonds. The number of fused-ring (bicyclic) bond motifs is 1. The van der Waals surface area contributed by atoms with Crippen molar-refractivity contribution in [2.45, 2.75) is 12.3 Å². The predicted molar refractivity (Wildman–Crippen MR) is 108 cm³/mol. The van der Waals surface area contributed by atoms with Crippen molar-refractivity contribution in [3.63, 3.8) is 0 Å². The number of carbonyl (C=O) groups is 1. The van der Waals surface area contributed by atoms with Crippen LogP contribution in [-0.4, -0.2) is 32.1 Å². The van der Waals surface area contributed by atoms with E-state index in [1.54, 1.807) is 24.1 Å². The normalized spacial score (nSPS) is 16.8. The van der Waals surface area contributed by atoms with Gasteiger partial charge in [-0.2, -0.15) is 4.98 Å². The van der Waals surface area contributed by atoms with Crippen molar-refractivity contribution in [2.75, 3.05) is 11.4 Å². The number of aromatic nitrogens is 4. The topological polar surface area (TPSA) is 97.0 Å². The molecule has 0 unspecified atom stereocenters. The predicted octanol–water partition coefficient (Wildman–Crippen LogP) is 3.09. The van der Waals surface area contributed by atoms with Crippen LogP contribution in [0.15, 0.2) is 51.8 Å². The number of imidazole rings is 1. The summed E-state index contributed by atoms with van der Waals surface area (Å²) in [5.74, 6) is 0.628. The third-order valence-corrected chi connectivity index (χ3v) is 5.43. The van der Waals surface area contributed by atoms with Crippen molar-refractivity contribution >= 4 is 34.2 Å². The molecule has 1 fully saturated rings. The number of aromatic amines is 1. The molecule has 4 aromatic rings. The van der Waals surface area contributed by atoms with Crippen molar-refractivity contribution in [1.82, 2.24) is 19.7 Å². The maximum atomic E-state index is 12.5. The molecule has 0 spiro atoms. The van der Waals surface area contributed by atoms with Gasteiger partial charge in [0.25, 0.3) is 0 Å². The Bertz CT molecular complexity index is 1300. The third kappa shape index (κ3) is 3.01. The van der Waals surface area contributed by atoms with Gasteiger partial charge < -0.3 is 14.4 Å². The van der Waals surface area contributed by atoms with E-state index in [0.717, 1.165) is 16.8 Å². The van der Waals surface area contributed by atoms with Crippen LogP contribution in [0.2, 0.25) is 5.02 Å². The number of amides is 1. The number of nitrogens with zero attached hydrogens (tertiary/aromatic N) is 4. The highest BCUT2D eigenvalue weighted by atomic mass is 35.5. The summed E-state index contributed by atoms with van der Waals surface area (Å²) >= 11 is 6.05. The van der Waals surface area contributed by atoms with Gasteiger partial charge in [-0.05, 0) is 36.4 Å². The van der Waals surface area contributed by atoms with Gasteiger partial charge in [-0.25, -0.2) is 4.79 Å². The number of hydrogen-bond donors (Lipinski definition) is 1. The second-order valence-electron chi connectivity index (χ2n) is 7.06. The van der Waals surface area contributed by atoms with Crippen molar-refractivity contribution in [2.24, 2.45) is 7.05 Å². The molecule has 2 aromatic heterocycles. The Morgan fingerprint density at radius 3 is 2.90 bits per heavy atom. The number of anilines is 1. The van der Waals surface area contributed by atoms with Crippen LogP contribution in [0.1, 0.15) is 18.2 Å². The zero-order valence-electron chi connectivity index (χ0n) is 15.4. The van der Waals surface area contributed by atoms with E-state index in [2.05, 4.69) is 15.1 Å². The number of benzene rings is 2. The number of halogens is 1.